The summed E-state index contributed by atoms with van der Waals surface area (Å²) in [5, 5.41) is 0. The Hall–Kier alpha value is 0. The summed E-state index contributed by atoms with van der Waals surface area (Å²) in [4.78, 5) is 0. The van der Waals surface area contributed by atoms with Gasteiger partial charge >= 0.3 is 0 Å². The second-order valence-corrected chi connectivity index (χ2v) is 4.80. The topological polar surface area (TPSA) is 0 Å². The number of hydrogen-bond acceptors (Lipinski definition) is 0. The second-order valence-electron chi connectivity index (χ2n) is 4.80. The zero-order valence-corrected chi connectivity index (χ0v) is 11.0. The molecular formula is C14H30. The quantitative estimate of drug-likeness (QED) is 0.498. The van der Waals surface area contributed by atoms with Gasteiger partial charge in [-0.2, -0.15) is 0 Å². The lowest BCUT2D eigenvalue weighted by Crippen LogP contribution is -2.21. The molecule has 0 aliphatic heterocycles. The molecule has 0 radical (unpaired) electrons. The van der Waals surface area contributed by atoms with E-state index in [9.17, 15) is 0 Å². The zero-order valence-electron chi connectivity index (χ0n) is 11.0. The van der Waals surface area contributed by atoms with Gasteiger partial charge in [0, 0.05) is 0 Å². The van der Waals surface area contributed by atoms with Crippen LogP contribution in [-0.2, 0) is 0 Å². The van der Waals surface area contributed by atoms with Crippen LogP contribution in [0.5, 0.6) is 0 Å². The lowest BCUT2D eigenvalue weighted by molar-refractivity contribution is 0.200. The summed E-state index contributed by atoms with van der Waals surface area (Å²) in [6.07, 6.45) is 8.30. The van der Waals surface area contributed by atoms with Crippen molar-refractivity contribution in [2.75, 3.05) is 0 Å². The minimum absolute atomic E-state index is 0.935. The standard InChI is InChI=1S/C14H30/c1-6-10-12(5)14(11-7-2)13(8-3)9-4/h12-14H,6-11H2,1-5H3. The zero-order chi connectivity index (χ0) is 11.0. The van der Waals surface area contributed by atoms with E-state index >= 15 is 0 Å². The highest BCUT2D eigenvalue weighted by Gasteiger charge is 2.22. The molecule has 14 heavy (non-hydrogen) atoms. The third-order valence-electron chi connectivity index (χ3n) is 3.75. The predicted molar refractivity (Wildman–Crippen MR) is 66.5 cm³/mol. The van der Waals surface area contributed by atoms with Gasteiger partial charge in [-0.1, -0.05) is 73.1 Å². The largest absolute Gasteiger partial charge is 0.0654 e. The van der Waals surface area contributed by atoms with Crippen LogP contribution in [0.4, 0.5) is 0 Å². The molecule has 0 aromatic heterocycles. The Bertz CT molecular complexity index is 113. The highest BCUT2D eigenvalue weighted by atomic mass is 14.3. The van der Waals surface area contributed by atoms with Gasteiger partial charge in [0.25, 0.3) is 0 Å². The van der Waals surface area contributed by atoms with Crippen LogP contribution in [0, 0.1) is 17.8 Å². The maximum atomic E-state index is 2.46. The predicted octanol–water partition coefficient (Wildman–Crippen LogP) is 5.28. The van der Waals surface area contributed by atoms with Gasteiger partial charge in [0.15, 0.2) is 0 Å². The van der Waals surface area contributed by atoms with Crippen molar-refractivity contribution in [1.82, 2.24) is 0 Å². The van der Waals surface area contributed by atoms with E-state index in [1.54, 1.807) is 0 Å². The maximum Gasteiger partial charge on any atom is -0.0360 e. The minimum atomic E-state index is 0.935. The van der Waals surface area contributed by atoms with Gasteiger partial charge in [-0.15, -0.1) is 0 Å². The molecule has 0 fully saturated rings. The molecule has 86 valence electrons. The van der Waals surface area contributed by atoms with Gasteiger partial charge in [-0.05, 0) is 17.8 Å². The molecule has 2 atom stereocenters. The van der Waals surface area contributed by atoms with E-state index in [0.717, 1.165) is 17.8 Å². The normalized spacial score (nSPS) is 15.9. The van der Waals surface area contributed by atoms with Crippen LogP contribution < -0.4 is 0 Å². The van der Waals surface area contributed by atoms with Crippen molar-refractivity contribution >= 4 is 0 Å². The summed E-state index contributed by atoms with van der Waals surface area (Å²) < 4.78 is 0. The van der Waals surface area contributed by atoms with Crippen LogP contribution >= 0.6 is 0 Å². The highest BCUT2D eigenvalue weighted by molar-refractivity contribution is 4.73. The first-order chi connectivity index (χ1) is 6.71. The Morgan fingerprint density at radius 1 is 0.786 bits per heavy atom. The summed E-state index contributed by atoms with van der Waals surface area (Å²) in [5.74, 6) is 2.89. The van der Waals surface area contributed by atoms with E-state index in [1.165, 1.54) is 38.5 Å². The summed E-state index contributed by atoms with van der Waals surface area (Å²) in [7, 11) is 0. The fraction of sp³-hybridized carbons (Fsp3) is 1.00. The molecule has 0 heterocycles. The van der Waals surface area contributed by atoms with E-state index in [4.69, 9.17) is 0 Å². The fourth-order valence-electron chi connectivity index (χ4n) is 2.88. The molecule has 0 saturated heterocycles. The van der Waals surface area contributed by atoms with E-state index in [0.29, 0.717) is 0 Å². The molecule has 0 heteroatoms. The highest BCUT2D eigenvalue weighted by Crippen LogP contribution is 2.32. The Balaban J connectivity index is 4.23. The molecule has 0 nitrogen and oxygen atoms in total. The molecule has 0 aliphatic rings. The molecular weight excluding hydrogens is 168 g/mol. The molecule has 0 bridgehead atoms. The van der Waals surface area contributed by atoms with Crippen LogP contribution in [-0.4, -0.2) is 0 Å². The van der Waals surface area contributed by atoms with Crippen molar-refractivity contribution in [2.45, 2.75) is 73.1 Å². The maximum absolute atomic E-state index is 2.46. The van der Waals surface area contributed by atoms with Crippen LogP contribution in [0.25, 0.3) is 0 Å². The summed E-state index contributed by atoms with van der Waals surface area (Å²) >= 11 is 0. The first-order valence-corrected chi connectivity index (χ1v) is 6.71. The molecule has 0 saturated carbocycles. The van der Waals surface area contributed by atoms with Crippen LogP contribution in [0.15, 0.2) is 0 Å². The van der Waals surface area contributed by atoms with Crippen molar-refractivity contribution in [1.29, 1.82) is 0 Å². The van der Waals surface area contributed by atoms with Gasteiger partial charge in [-0.3, -0.25) is 0 Å². The molecule has 0 N–H and O–H groups in total. The molecule has 0 rings (SSSR count). The van der Waals surface area contributed by atoms with Crippen molar-refractivity contribution in [3.05, 3.63) is 0 Å². The molecule has 2 unspecified atom stereocenters. The lowest BCUT2D eigenvalue weighted by atomic mass is 9.75. The fourth-order valence-corrected chi connectivity index (χ4v) is 2.88. The molecule has 0 aliphatic carbocycles. The first-order valence-electron chi connectivity index (χ1n) is 6.71. The van der Waals surface area contributed by atoms with Crippen molar-refractivity contribution in [3.8, 4) is 0 Å². The minimum Gasteiger partial charge on any atom is -0.0654 e. The average molecular weight is 198 g/mol. The van der Waals surface area contributed by atoms with Crippen LogP contribution in [0.1, 0.15) is 73.1 Å². The SMILES string of the molecule is CCCC(C)C(CCC)C(CC)CC. The lowest BCUT2D eigenvalue weighted by Gasteiger charge is -2.30. The summed E-state index contributed by atoms with van der Waals surface area (Å²) in [5.41, 5.74) is 0. The number of rotatable bonds is 8. The molecule has 0 spiro atoms. The van der Waals surface area contributed by atoms with E-state index in [-0.39, 0.29) is 0 Å². The molecule has 0 aromatic rings. The third-order valence-corrected chi connectivity index (χ3v) is 3.75. The second kappa shape index (κ2) is 8.32. The van der Waals surface area contributed by atoms with Gasteiger partial charge in [-0.25, -0.2) is 0 Å². The Morgan fingerprint density at radius 3 is 1.64 bits per heavy atom. The molecule has 0 amide bonds. The van der Waals surface area contributed by atoms with Gasteiger partial charge < -0.3 is 0 Å². The van der Waals surface area contributed by atoms with Crippen molar-refractivity contribution in [2.24, 2.45) is 17.8 Å². The van der Waals surface area contributed by atoms with Crippen LogP contribution in [0.3, 0.4) is 0 Å². The first kappa shape index (κ1) is 14.0. The Labute approximate surface area is 91.5 Å². The molecule has 0 aromatic carbocycles. The third kappa shape index (κ3) is 4.48. The van der Waals surface area contributed by atoms with E-state index in [2.05, 4.69) is 34.6 Å². The van der Waals surface area contributed by atoms with E-state index < -0.39 is 0 Å². The Kier molecular flexibility index (Phi) is 8.32. The summed E-state index contributed by atoms with van der Waals surface area (Å²) in [6, 6.07) is 0. The van der Waals surface area contributed by atoms with Crippen molar-refractivity contribution in [3.63, 3.8) is 0 Å². The summed E-state index contributed by atoms with van der Waals surface area (Å²) in [6.45, 7) is 11.8. The average Bonchev–Trinajstić information content (AvgIpc) is 2.18. The van der Waals surface area contributed by atoms with E-state index in [1.807, 2.05) is 0 Å². The van der Waals surface area contributed by atoms with Crippen molar-refractivity contribution < 1.29 is 0 Å². The Morgan fingerprint density at radius 2 is 1.29 bits per heavy atom. The number of hydrogen-bond donors (Lipinski definition) is 0. The van der Waals surface area contributed by atoms with Gasteiger partial charge in [0.05, 0.1) is 0 Å². The van der Waals surface area contributed by atoms with Crippen LogP contribution in [0.2, 0.25) is 0 Å². The monoisotopic (exact) mass is 198 g/mol. The van der Waals surface area contributed by atoms with Gasteiger partial charge in [0.2, 0.25) is 0 Å². The van der Waals surface area contributed by atoms with Gasteiger partial charge in [0.1, 0.15) is 0 Å². The smallest absolute Gasteiger partial charge is 0.0360 e.